The zero-order valence-electron chi connectivity index (χ0n) is 14.2. The highest BCUT2D eigenvalue weighted by Gasteiger charge is 2.16. The highest BCUT2D eigenvalue weighted by atomic mass is 35.5. The molecule has 0 atom stereocenters. The molecule has 0 aromatic heterocycles. The van der Waals surface area contributed by atoms with E-state index in [9.17, 15) is 9.59 Å². The van der Waals surface area contributed by atoms with Crippen LogP contribution in [0.2, 0.25) is 10.0 Å². The van der Waals surface area contributed by atoms with E-state index in [0.717, 1.165) is 11.1 Å². The molecule has 2 amide bonds. The first-order valence-corrected chi connectivity index (χ1v) is 8.68. The average Bonchev–Trinajstić information content (AvgIpc) is 2.56. The van der Waals surface area contributed by atoms with Crippen molar-refractivity contribution in [1.82, 2.24) is 5.32 Å². The third-order valence-electron chi connectivity index (χ3n) is 3.74. The number of amides is 2. The SMILES string of the molecule is CC(=O)N(CCNC(=O)Cc1ccc(C)cc1)c1cccc(Cl)c1Cl. The van der Waals surface area contributed by atoms with E-state index >= 15 is 0 Å². The van der Waals surface area contributed by atoms with E-state index in [1.54, 1.807) is 18.2 Å². The van der Waals surface area contributed by atoms with E-state index in [2.05, 4.69) is 5.32 Å². The van der Waals surface area contributed by atoms with Gasteiger partial charge in [-0.15, -0.1) is 0 Å². The normalized spacial score (nSPS) is 10.4. The molecule has 0 bridgehead atoms. The van der Waals surface area contributed by atoms with Crippen LogP contribution in [0.3, 0.4) is 0 Å². The van der Waals surface area contributed by atoms with Gasteiger partial charge in [0.2, 0.25) is 11.8 Å². The van der Waals surface area contributed by atoms with Gasteiger partial charge < -0.3 is 10.2 Å². The largest absolute Gasteiger partial charge is 0.354 e. The second-order valence-electron chi connectivity index (χ2n) is 5.76. The number of benzene rings is 2. The molecule has 2 aromatic carbocycles. The third-order valence-corrected chi connectivity index (χ3v) is 4.55. The highest BCUT2D eigenvalue weighted by Crippen LogP contribution is 2.32. The number of halogens is 2. The Labute approximate surface area is 157 Å². The van der Waals surface area contributed by atoms with Gasteiger partial charge in [-0.05, 0) is 24.6 Å². The summed E-state index contributed by atoms with van der Waals surface area (Å²) in [6, 6.07) is 12.9. The number of nitrogens with zero attached hydrogens (tertiary/aromatic N) is 1. The summed E-state index contributed by atoms with van der Waals surface area (Å²) in [5, 5.41) is 3.53. The zero-order valence-corrected chi connectivity index (χ0v) is 15.7. The molecule has 0 aliphatic carbocycles. The number of nitrogens with one attached hydrogen (secondary N) is 1. The number of rotatable bonds is 6. The van der Waals surface area contributed by atoms with Crippen molar-refractivity contribution in [3.8, 4) is 0 Å². The number of aryl methyl sites for hydroxylation is 1. The summed E-state index contributed by atoms with van der Waals surface area (Å²) in [4.78, 5) is 25.5. The average molecular weight is 379 g/mol. The maximum Gasteiger partial charge on any atom is 0.224 e. The molecule has 132 valence electrons. The monoisotopic (exact) mass is 378 g/mol. The third kappa shape index (κ3) is 5.48. The van der Waals surface area contributed by atoms with Crippen molar-refractivity contribution in [2.45, 2.75) is 20.3 Å². The first-order valence-electron chi connectivity index (χ1n) is 7.93. The van der Waals surface area contributed by atoms with Crippen molar-refractivity contribution in [3.63, 3.8) is 0 Å². The smallest absolute Gasteiger partial charge is 0.224 e. The summed E-state index contributed by atoms with van der Waals surface area (Å²) in [6.45, 7) is 4.09. The lowest BCUT2D eigenvalue weighted by atomic mass is 10.1. The van der Waals surface area contributed by atoms with Crippen LogP contribution in [0.4, 0.5) is 5.69 Å². The molecule has 0 heterocycles. The topological polar surface area (TPSA) is 49.4 Å². The summed E-state index contributed by atoms with van der Waals surface area (Å²) in [5.74, 6) is -0.263. The molecule has 2 aromatic rings. The molecule has 0 spiro atoms. The van der Waals surface area contributed by atoms with Gasteiger partial charge in [0.15, 0.2) is 0 Å². The van der Waals surface area contributed by atoms with Gasteiger partial charge in [-0.1, -0.05) is 59.1 Å². The molecular formula is C19H20Cl2N2O2. The zero-order chi connectivity index (χ0) is 18.4. The van der Waals surface area contributed by atoms with Crippen LogP contribution in [0, 0.1) is 6.92 Å². The van der Waals surface area contributed by atoms with Crippen molar-refractivity contribution in [2.24, 2.45) is 0 Å². The van der Waals surface area contributed by atoms with Crippen molar-refractivity contribution < 1.29 is 9.59 Å². The predicted molar refractivity (Wildman–Crippen MR) is 102 cm³/mol. The Balaban J connectivity index is 1.93. The van der Waals surface area contributed by atoms with Crippen LogP contribution in [-0.2, 0) is 16.0 Å². The molecule has 1 N–H and O–H groups in total. The highest BCUT2D eigenvalue weighted by molar-refractivity contribution is 6.44. The van der Waals surface area contributed by atoms with E-state index in [1.165, 1.54) is 11.8 Å². The van der Waals surface area contributed by atoms with Crippen molar-refractivity contribution in [1.29, 1.82) is 0 Å². The quantitative estimate of drug-likeness (QED) is 0.825. The van der Waals surface area contributed by atoms with Gasteiger partial charge in [0.1, 0.15) is 0 Å². The van der Waals surface area contributed by atoms with Gasteiger partial charge in [0.05, 0.1) is 22.2 Å². The molecule has 0 saturated heterocycles. The molecule has 4 nitrogen and oxygen atoms in total. The molecule has 0 unspecified atom stereocenters. The number of anilines is 1. The number of hydrogen-bond donors (Lipinski definition) is 1. The number of hydrogen-bond acceptors (Lipinski definition) is 2. The fraction of sp³-hybridized carbons (Fsp3) is 0.263. The maximum absolute atomic E-state index is 12.0. The van der Waals surface area contributed by atoms with Crippen LogP contribution in [0.25, 0.3) is 0 Å². The Morgan fingerprint density at radius 3 is 2.40 bits per heavy atom. The summed E-state index contributed by atoms with van der Waals surface area (Å²) in [7, 11) is 0. The van der Waals surface area contributed by atoms with E-state index in [1.807, 2.05) is 31.2 Å². The Bertz CT molecular complexity index is 761. The van der Waals surface area contributed by atoms with Gasteiger partial charge in [-0.2, -0.15) is 0 Å². The fourth-order valence-electron chi connectivity index (χ4n) is 2.41. The van der Waals surface area contributed by atoms with Crippen LogP contribution in [0.5, 0.6) is 0 Å². The number of carbonyl (C=O) groups is 2. The minimum Gasteiger partial charge on any atom is -0.354 e. The second kappa shape index (κ2) is 8.88. The summed E-state index contributed by atoms with van der Waals surface area (Å²) >= 11 is 12.2. The Morgan fingerprint density at radius 1 is 1.08 bits per heavy atom. The van der Waals surface area contributed by atoms with Crippen LogP contribution < -0.4 is 10.2 Å². The number of carbonyl (C=O) groups excluding carboxylic acids is 2. The second-order valence-corrected chi connectivity index (χ2v) is 6.54. The fourth-order valence-corrected chi connectivity index (χ4v) is 2.81. The maximum atomic E-state index is 12.0. The van der Waals surface area contributed by atoms with Crippen molar-refractivity contribution in [3.05, 3.63) is 63.6 Å². The molecule has 0 fully saturated rings. The Hall–Kier alpha value is -2.04. The van der Waals surface area contributed by atoms with Gasteiger partial charge in [0, 0.05) is 20.0 Å². The molecule has 0 saturated carbocycles. The Morgan fingerprint density at radius 2 is 1.76 bits per heavy atom. The minimum atomic E-state index is -0.169. The summed E-state index contributed by atoms with van der Waals surface area (Å²) < 4.78 is 0. The van der Waals surface area contributed by atoms with Crippen LogP contribution in [-0.4, -0.2) is 24.9 Å². The van der Waals surface area contributed by atoms with E-state index < -0.39 is 0 Å². The minimum absolute atomic E-state index is 0.0930. The molecule has 2 rings (SSSR count). The van der Waals surface area contributed by atoms with Crippen LogP contribution >= 0.6 is 23.2 Å². The van der Waals surface area contributed by atoms with Gasteiger partial charge in [0.25, 0.3) is 0 Å². The summed E-state index contributed by atoms with van der Waals surface area (Å²) in [5.41, 5.74) is 2.64. The van der Waals surface area contributed by atoms with Crippen LogP contribution in [0.15, 0.2) is 42.5 Å². The van der Waals surface area contributed by atoms with Gasteiger partial charge >= 0.3 is 0 Å². The standard InChI is InChI=1S/C19H20Cl2N2O2/c1-13-6-8-15(9-7-13)12-18(25)22-10-11-23(14(2)24)17-5-3-4-16(20)19(17)21/h3-9H,10-12H2,1-2H3,(H,22,25). The molecule has 0 aliphatic rings. The van der Waals surface area contributed by atoms with Gasteiger partial charge in [-0.3, -0.25) is 9.59 Å². The van der Waals surface area contributed by atoms with Gasteiger partial charge in [-0.25, -0.2) is 0 Å². The van der Waals surface area contributed by atoms with E-state index in [-0.39, 0.29) is 11.8 Å². The lowest BCUT2D eigenvalue weighted by molar-refractivity contribution is -0.121. The summed E-state index contributed by atoms with van der Waals surface area (Å²) in [6.07, 6.45) is 0.304. The first-order chi connectivity index (χ1) is 11.9. The lowest BCUT2D eigenvalue weighted by Gasteiger charge is -2.23. The Kier molecular flexibility index (Phi) is 6.85. The molecule has 25 heavy (non-hydrogen) atoms. The van der Waals surface area contributed by atoms with Crippen molar-refractivity contribution in [2.75, 3.05) is 18.0 Å². The molecule has 0 aliphatic heterocycles. The van der Waals surface area contributed by atoms with E-state index in [0.29, 0.717) is 35.2 Å². The molecular weight excluding hydrogens is 359 g/mol. The van der Waals surface area contributed by atoms with E-state index in [4.69, 9.17) is 23.2 Å². The molecule has 6 heteroatoms. The predicted octanol–water partition coefficient (Wildman–Crippen LogP) is 4.01. The molecule has 0 radical (unpaired) electrons. The lowest BCUT2D eigenvalue weighted by Crippen LogP contribution is -2.38. The first kappa shape index (κ1) is 19.3. The van der Waals surface area contributed by atoms with Crippen LogP contribution in [0.1, 0.15) is 18.1 Å². The van der Waals surface area contributed by atoms with Crippen molar-refractivity contribution >= 4 is 40.7 Å².